The average molecular weight is 441 g/mol. The Labute approximate surface area is 148 Å². The smallest absolute Gasteiger partial charge is 0.269 e. The van der Waals surface area contributed by atoms with Crippen LogP contribution in [0.4, 0.5) is 14.5 Å². The van der Waals surface area contributed by atoms with Crippen LogP contribution < -0.4 is 10.9 Å². The molecule has 5 nitrogen and oxygen atoms in total. The summed E-state index contributed by atoms with van der Waals surface area (Å²) in [6.45, 7) is -0.295. The van der Waals surface area contributed by atoms with Crippen molar-refractivity contribution >= 4 is 45.2 Å². The van der Waals surface area contributed by atoms with Gasteiger partial charge in [0.1, 0.15) is 18.2 Å². The van der Waals surface area contributed by atoms with Crippen molar-refractivity contribution in [1.29, 1.82) is 0 Å². The number of halogens is 3. The standard InChI is InChI=1S/C16H10F2IN3O2/c17-10-5-9(6-11(18)16(10)19)21-14(23)8-22-13-4-2-1-3-12(13)20-7-15(22)24/h1-7H,8H2,(H,21,23). The van der Waals surface area contributed by atoms with E-state index in [1.807, 2.05) is 0 Å². The molecule has 0 radical (unpaired) electrons. The van der Waals surface area contributed by atoms with Crippen LogP contribution in [0.15, 0.2) is 47.4 Å². The van der Waals surface area contributed by atoms with Gasteiger partial charge in [0.25, 0.3) is 5.56 Å². The summed E-state index contributed by atoms with van der Waals surface area (Å²) in [5.41, 5.74) is 0.613. The molecule has 2 aromatic carbocycles. The molecule has 0 atom stereocenters. The lowest BCUT2D eigenvalue weighted by Crippen LogP contribution is -2.28. The van der Waals surface area contributed by atoms with Gasteiger partial charge < -0.3 is 5.32 Å². The number of benzene rings is 2. The van der Waals surface area contributed by atoms with E-state index in [-0.39, 0.29) is 15.8 Å². The van der Waals surface area contributed by atoms with E-state index >= 15 is 0 Å². The van der Waals surface area contributed by atoms with Gasteiger partial charge in [0.2, 0.25) is 5.91 Å². The Kier molecular flexibility index (Phi) is 4.56. The summed E-state index contributed by atoms with van der Waals surface area (Å²) >= 11 is 1.54. The van der Waals surface area contributed by atoms with Crippen molar-refractivity contribution < 1.29 is 13.6 Å². The Balaban J connectivity index is 1.88. The van der Waals surface area contributed by atoms with Gasteiger partial charge in [-0.25, -0.2) is 13.8 Å². The van der Waals surface area contributed by atoms with Crippen molar-refractivity contribution in [2.45, 2.75) is 6.54 Å². The molecule has 0 fully saturated rings. The number of fused-ring (bicyclic) bond motifs is 1. The van der Waals surface area contributed by atoms with Crippen LogP contribution in [-0.2, 0) is 11.3 Å². The number of anilines is 1. The minimum atomic E-state index is -0.766. The quantitative estimate of drug-likeness (QED) is 0.503. The molecule has 0 spiro atoms. The second-order valence-corrected chi connectivity index (χ2v) is 6.05. The molecule has 0 saturated carbocycles. The highest BCUT2D eigenvalue weighted by atomic mass is 127. The van der Waals surface area contributed by atoms with Crippen LogP contribution in [0.25, 0.3) is 11.0 Å². The van der Waals surface area contributed by atoms with Crippen LogP contribution in [0.5, 0.6) is 0 Å². The van der Waals surface area contributed by atoms with Gasteiger partial charge in [-0.15, -0.1) is 0 Å². The van der Waals surface area contributed by atoms with Crippen molar-refractivity contribution in [2.24, 2.45) is 0 Å². The molecule has 3 rings (SSSR count). The van der Waals surface area contributed by atoms with E-state index < -0.39 is 23.1 Å². The molecule has 0 aliphatic rings. The maximum absolute atomic E-state index is 13.5. The predicted molar refractivity (Wildman–Crippen MR) is 93.7 cm³/mol. The summed E-state index contributed by atoms with van der Waals surface area (Å²) in [7, 11) is 0. The maximum Gasteiger partial charge on any atom is 0.269 e. The maximum atomic E-state index is 13.5. The zero-order valence-corrected chi connectivity index (χ0v) is 14.3. The summed E-state index contributed by atoms with van der Waals surface area (Å²) in [5.74, 6) is -2.11. The van der Waals surface area contributed by atoms with Gasteiger partial charge in [-0.2, -0.15) is 0 Å². The molecule has 1 N–H and O–H groups in total. The predicted octanol–water partition coefficient (Wildman–Crippen LogP) is 2.92. The Morgan fingerprint density at radius 1 is 1.21 bits per heavy atom. The Morgan fingerprint density at radius 2 is 1.88 bits per heavy atom. The summed E-state index contributed by atoms with van der Waals surface area (Å²) in [6.07, 6.45) is 1.12. The molecular formula is C16H10F2IN3O2. The van der Waals surface area contributed by atoms with Gasteiger partial charge in [0.15, 0.2) is 0 Å². The van der Waals surface area contributed by atoms with E-state index in [0.29, 0.717) is 11.0 Å². The highest BCUT2D eigenvalue weighted by Gasteiger charge is 2.12. The first-order chi connectivity index (χ1) is 11.5. The molecule has 0 bridgehead atoms. The van der Waals surface area contributed by atoms with E-state index in [4.69, 9.17) is 0 Å². The number of rotatable bonds is 3. The molecule has 1 aromatic heterocycles. The molecular weight excluding hydrogens is 431 g/mol. The lowest BCUT2D eigenvalue weighted by molar-refractivity contribution is -0.116. The molecule has 8 heteroatoms. The fraction of sp³-hybridized carbons (Fsp3) is 0.0625. The third kappa shape index (κ3) is 3.28. The number of amides is 1. The van der Waals surface area contributed by atoms with Crippen LogP contribution in [0.2, 0.25) is 0 Å². The van der Waals surface area contributed by atoms with Crippen LogP contribution in [0.1, 0.15) is 0 Å². The largest absolute Gasteiger partial charge is 0.324 e. The van der Waals surface area contributed by atoms with Crippen molar-refractivity contribution in [3.8, 4) is 0 Å². The Bertz CT molecular complexity index is 981. The number of para-hydroxylation sites is 2. The first kappa shape index (κ1) is 16.5. The lowest BCUT2D eigenvalue weighted by Gasteiger charge is -2.10. The first-order valence-corrected chi connectivity index (χ1v) is 7.92. The third-order valence-electron chi connectivity index (χ3n) is 3.32. The Hall–Kier alpha value is -2.36. The summed E-state index contributed by atoms with van der Waals surface area (Å²) in [6, 6.07) is 8.92. The molecule has 122 valence electrons. The van der Waals surface area contributed by atoms with Gasteiger partial charge in [-0.1, -0.05) is 12.1 Å². The van der Waals surface area contributed by atoms with Gasteiger partial charge in [0, 0.05) is 5.69 Å². The number of nitrogens with zero attached hydrogens (tertiary/aromatic N) is 2. The number of carbonyl (C=O) groups excluding carboxylic acids is 1. The van der Waals surface area contributed by atoms with Crippen LogP contribution in [0.3, 0.4) is 0 Å². The minimum absolute atomic E-state index is 0.0122. The molecule has 0 saturated heterocycles. The monoisotopic (exact) mass is 441 g/mol. The molecule has 0 unspecified atom stereocenters. The topological polar surface area (TPSA) is 64.0 Å². The second kappa shape index (κ2) is 6.63. The molecule has 0 aliphatic carbocycles. The third-order valence-corrected chi connectivity index (χ3v) is 4.35. The van der Waals surface area contributed by atoms with Crippen molar-refractivity contribution in [3.05, 3.63) is 68.2 Å². The number of nitrogens with one attached hydrogen (secondary N) is 1. The molecule has 3 aromatic rings. The number of hydrogen-bond donors (Lipinski definition) is 1. The SMILES string of the molecule is O=C(Cn1c(=O)cnc2ccccc21)Nc1cc(F)c(I)c(F)c1. The molecule has 0 aliphatic heterocycles. The normalized spacial score (nSPS) is 10.8. The van der Waals surface area contributed by atoms with Crippen LogP contribution in [0, 0.1) is 15.2 Å². The van der Waals surface area contributed by atoms with Crippen molar-refractivity contribution in [1.82, 2.24) is 9.55 Å². The average Bonchev–Trinajstić information content (AvgIpc) is 2.55. The number of carbonyl (C=O) groups is 1. The Morgan fingerprint density at radius 3 is 2.58 bits per heavy atom. The highest BCUT2D eigenvalue weighted by Crippen LogP contribution is 2.20. The van der Waals surface area contributed by atoms with E-state index in [9.17, 15) is 18.4 Å². The zero-order valence-electron chi connectivity index (χ0n) is 12.1. The summed E-state index contributed by atoms with van der Waals surface area (Å²) in [4.78, 5) is 28.1. The van der Waals surface area contributed by atoms with E-state index in [2.05, 4.69) is 10.3 Å². The highest BCUT2D eigenvalue weighted by molar-refractivity contribution is 14.1. The van der Waals surface area contributed by atoms with Gasteiger partial charge in [-0.3, -0.25) is 14.2 Å². The van der Waals surface area contributed by atoms with Gasteiger partial charge in [0.05, 0.1) is 20.8 Å². The molecule has 1 heterocycles. The van der Waals surface area contributed by atoms with Crippen molar-refractivity contribution in [2.75, 3.05) is 5.32 Å². The van der Waals surface area contributed by atoms with E-state index in [1.54, 1.807) is 24.3 Å². The van der Waals surface area contributed by atoms with Gasteiger partial charge >= 0.3 is 0 Å². The summed E-state index contributed by atoms with van der Waals surface area (Å²) < 4.78 is 28.2. The van der Waals surface area contributed by atoms with E-state index in [0.717, 1.165) is 18.3 Å². The lowest BCUT2D eigenvalue weighted by atomic mass is 10.3. The van der Waals surface area contributed by atoms with Gasteiger partial charge in [-0.05, 0) is 46.9 Å². The first-order valence-electron chi connectivity index (χ1n) is 6.84. The van der Waals surface area contributed by atoms with Crippen LogP contribution >= 0.6 is 22.6 Å². The fourth-order valence-corrected chi connectivity index (χ4v) is 2.56. The number of aromatic nitrogens is 2. The van der Waals surface area contributed by atoms with E-state index in [1.165, 1.54) is 27.2 Å². The second-order valence-electron chi connectivity index (χ2n) is 4.97. The van der Waals surface area contributed by atoms with Crippen LogP contribution in [-0.4, -0.2) is 15.5 Å². The van der Waals surface area contributed by atoms with Crippen molar-refractivity contribution in [3.63, 3.8) is 0 Å². The molecule has 1 amide bonds. The number of hydrogen-bond acceptors (Lipinski definition) is 3. The fourth-order valence-electron chi connectivity index (χ4n) is 2.25. The minimum Gasteiger partial charge on any atom is -0.324 e. The summed E-state index contributed by atoms with van der Waals surface area (Å²) in [5, 5.41) is 2.39. The zero-order chi connectivity index (χ0) is 17.3. The molecule has 24 heavy (non-hydrogen) atoms.